The summed E-state index contributed by atoms with van der Waals surface area (Å²) in [5.41, 5.74) is 7.30. The van der Waals surface area contributed by atoms with Crippen LogP contribution in [0.5, 0.6) is 0 Å². The molecule has 19 heavy (non-hydrogen) atoms. The quantitative estimate of drug-likeness (QED) is 0.507. The van der Waals surface area contributed by atoms with Crippen LogP contribution in [0.1, 0.15) is 31.7 Å². The minimum absolute atomic E-state index is 0.720. The maximum absolute atomic E-state index is 6.04. The van der Waals surface area contributed by atoms with Crippen LogP contribution in [0.3, 0.4) is 0 Å². The summed E-state index contributed by atoms with van der Waals surface area (Å²) in [7, 11) is 1.94. The van der Waals surface area contributed by atoms with Gasteiger partial charge in [0.15, 0.2) is 5.96 Å². The molecule has 2 rings (SSSR count). The molecule has 2 N–H and O–H groups in total. The van der Waals surface area contributed by atoms with Crippen LogP contribution >= 0.6 is 0 Å². The van der Waals surface area contributed by atoms with Crippen molar-refractivity contribution in [1.29, 1.82) is 0 Å². The Hall–Kier alpha value is -1.52. The van der Waals surface area contributed by atoms with E-state index in [1.54, 1.807) is 0 Å². The van der Waals surface area contributed by atoms with Gasteiger partial charge in [-0.25, -0.2) is 0 Å². The molecule has 0 amide bonds. The predicted octanol–water partition coefficient (Wildman–Crippen LogP) is 1.40. The van der Waals surface area contributed by atoms with E-state index < -0.39 is 0 Å². The summed E-state index contributed by atoms with van der Waals surface area (Å²) in [5.74, 6) is 1.55. The van der Waals surface area contributed by atoms with Crippen LogP contribution in [-0.4, -0.2) is 40.3 Å². The molecule has 5 nitrogen and oxygen atoms in total. The molecule has 2 heterocycles. The highest BCUT2D eigenvalue weighted by Gasteiger charge is 2.16. The molecule has 5 heteroatoms. The number of nitrogens with two attached hydrogens (primary N) is 1. The predicted molar refractivity (Wildman–Crippen MR) is 78.0 cm³/mol. The average Bonchev–Trinajstić information content (AvgIpc) is 2.81. The summed E-state index contributed by atoms with van der Waals surface area (Å²) in [6, 6.07) is 0. The van der Waals surface area contributed by atoms with Crippen molar-refractivity contribution in [2.75, 3.05) is 19.6 Å². The number of piperidine rings is 1. The second-order valence-corrected chi connectivity index (χ2v) is 5.54. The number of aryl methyl sites for hydroxylation is 2. The summed E-state index contributed by atoms with van der Waals surface area (Å²) in [6.07, 6.45) is 8.47. The molecule has 1 saturated heterocycles. The summed E-state index contributed by atoms with van der Waals surface area (Å²) < 4.78 is 1.84. The Morgan fingerprint density at radius 1 is 1.47 bits per heavy atom. The highest BCUT2D eigenvalue weighted by atomic mass is 15.3. The molecule has 0 aliphatic carbocycles. The molecule has 0 aromatic carbocycles. The molecule has 1 aliphatic heterocycles. The molecule has 0 bridgehead atoms. The summed E-state index contributed by atoms with van der Waals surface area (Å²) >= 11 is 0. The van der Waals surface area contributed by atoms with E-state index in [-0.39, 0.29) is 0 Å². The van der Waals surface area contributed by atoms with Crippen molar-refractivity contribution in [3.8, 4) is 0 Å². The monoisotopic (exact) mass is 263 g/mol. The van der Waals surface area contributed by atoms with Crippen molar-refractivity contribution in [1.82, 2.24) is 14.7 Å². The molecule has 0 unspecified atom stereocenters. The first-order valence-electron chi connectivity index (χ1n) is 7.17. The molecule has 1 aromatic rings. The normalized spacial score (nSPS) is 18.0. The molecule has 0 radical (unpaired) electrons. The smallest absolute Gasteiger partial charge is 0.191 e. The second kappa shape index (κ2) is 6.59. The molecule has 1 aliphatic rings. The van der Waals surface area contributed by atoms with Crippen molar-refractivity contribution in [2.24, 2.45) is 23.7 Å². The fraction of sp³-hybridized carbons (Fsp3) is 0.714. The Morgan fingerprint density at radius 2 is 2.21 bits per heavy atom. The number of aromatic nitrogens is 2. The minimum atomic E-state index is 0.720. The van der Waals surface area contributed by atoms with E-state index >= 15 is 0 Å². The third-order valence-electron chi connectivity index (χ3n) is 3.76. The number of likely N-dealkylation sites (tertiary alicyclic amines) is 1. The average molecular weight is 263 g/mol. The van der Waals surface area contributed by atoms with Gasteiger partial charge in [0, 0.05) is 32.9 Å². The standard InChI is InChI=1S/C14H25N5/c1-12-5-8-19(9-6-12)14(15)16-7-3-4-13-10-17-18(2)11-13/h10-12H,3-9H2,1-2H3,(H2,15,16). The lowest BCUT2D eigenvalue weighted by molar-refractivity contribution is 0.277. The van der Waals surface area contributed by atoms with Crippen LogP contribution in [-0.2, 0) is 13.5 Å². The first kappa shape index (κ1) is 13.9. The van der Waals surface area contributed by atoms with Crippen LogP contribution < -0.4 is 5.73 Å². The van der Waals surface area contributed by atoms with Gasteiger partial charge in [0.25, 0.3) is 0 Å². The lowest BCUT2D eigenvalue weighted by Crippen LogP contribution is -2.42. The fourth-order valence-electron chi connectivity index (χ4n) is 2.42. The van der Waals surface area contributed by atoms with E-state index in [4.69, 9.17) is 5.73 Å². The van der Waals surface area contributed by atoms with Gasteiger partial charge < -0.3 is 10.6 Å². The van der Waals surface area contributed by atoms with Gasteiger partial charge in [-0.3, -0.25) is 9.67 Å². The summed E-state index contributed by atoms with van der Waals surface area (Å²) in [6.45, 7) is 5.21. The molecule has 0 atom stereocenters. The summed E-state index contributed by atoms with van der Waals surface area (Å²) in [4.78, 5) is 6.70. The zero-order valence-corrected chi connectivity index (χ0v) is 12.0. The van der Waals surface area contributed by atoms with E-state index in [1.807, 2.05) is 17.9 Å². The zero-order chi connectivity index (χ0) is 13.7. The number of rotatable bonds is 4. The largest absolute Gasteiger partial charge is 0.370 e. The summed E-state index contributed by atoms with van der Waals surface area (Å²) in [5, 5.41) is 4.16. The van der Waals surface area contributed by atoms with Crippen LogP contribution in [0.15, 0.2) is 17.4 Å². The number of hydrogen-bond acceptors (Lipinski definition) is 2. The maximum atomic E-state index is 6.04. The Bertz CT molecular complexity index is 415. The van der Waals surface area contributed by atoms with Crippen LogP contribution in [0.2, 0.25) is 0 Å². The zero-order valence-electron chi connectivity index (χ0n) is 12.0. The molecular formula is C14H25N5. The first-order chi connectivity index (χ1) is 9.15. The Kier molecular flexibility index (Phi) is 4.82. The van der Waals surface area contributed by atoms with Gasteiger partial charge in [-0.1, -0.05) is 6.92 Å². The van der Waals surface area contributed by atoms with Gasteiger partial charge in [-0.2, -0.15) is 5.10 Å². The van der Waals surface area contributed by atoms with Gasteiger partial charge in [-0.15, -0.1) is 0 Å². The lowest BCUT2D eigenvalue weighted by Gasteiger charge is -2.31. The Balaban J connectivity index is 1.70. The van der Waals surface area contributed by atoms with Crippen LogP contribution in [0, 0.1) is 5.92 Å². The Labute approximate surface area is 115 Å². The second-order valence-electron chi connectivity index (χ2n) is 5.54. The fourth-order valence-corrected chi connectivity index (χ4v) is 2.42. The van der Waals surface area contributed by atoms with Crippen molar-refractivity contribution < 1.29 is 0 Å². The molecule has 0 saturated carbocycles. The Morgan fingerprint density at radius 3 is 2.84 bits per heavy atom. The van der Waals surface area contributed by atoms with E-state index in [0.717, 1.165) is 44.4 Å². The van der Waals surface area contributed by atoms with Crippen molar-refractivity contribution in [3.63, 3.8) is 0 Å². The van der Waals surface area contributed by atoms with Crippen LogP contribution in [0.4, 0.5) is 0 Å². The highest BCUT2D eigenvalue weighted by molar-refractivity contribution is 5.78. The van der Waals surface area contributed by atoms with Gasteiger partial charge in [0.2, 0.25) is 0 Å². The van der Waals surface area contributed by atoms with Gasteiger partial charge in [-0.05, 0) is 37.2 Å². The van der Waals surface area contributed by atoms with Gasteiger partial charge >= 0.3 is 0 Å². The van der Waals surface area contributed by atoms with E-state index in [1.165, 1.54) is 18.4 Å². The van der Waals surface area contributed by atoms with E-state index in [0.29, 0.717) is 0 Å². The van der Waals surface area contributed by atoms with E-state index in [9.17, 15) is 0 Å². The van der Waals surface area contributed by atoms with Crippen molar-refractivity contribution in [2.45, 2.75) is 32.6 Å². The third-order valence-corrected chi connectivity index (χ3v) is 3.76. The molecule has 0 spiro atoms. The molecular weight excluding hydrogens is 238 g/mol. The number of guanidine groups is 1. The number of aliphatic imine (C=N–C) groups is 1. The molecule has 106 valence electrons. The molecule has 1 fully saturated rings. The lowest BCUT2D eigenvalue weighted by atomic mass is 10.00. The van der Waals surface area contributed by atoms with Gasteiger partial charge in [0.1, 0.15) is 0 Å². The number of hydrogen-bond donors (Lipinski definition) is 1. The number of nitrogens with zero attached hydrogens (tertiary/aromatic N) is 4. The highest BCUT2D eigenvalue weighted by Crippen LogP contribution is 2.15. The SMILES string of the molecule is CC1CCN(C(N)=NCCCc2cnn(C)c2)CC1. The van der Waals surface area contributed by atoms with Crippen LogP contribution in [0.25, 0.3) is 0 Å². The molecule has 1 aromatic heterocycles. The van der Waals surface area contributed by atoms with Crippen molar-refractivity contribution in [3.05, 3.63) is 18.0 Å². The minimum Gasteiger partial charge on any atom is -0.370 e. The maximum Gasteiger partial charge on any atom is 0.191 e. The topological polar surface area (TPSA) is 59.4 Å². The van der Waals surface area contributed by atoms with E-state index in [2.05, 4.69) is 28.1 Å². The van der Waals surface area contributed by atoms with Gasteiger partial charge in [0.05, 0.1) is 6.20 Å². The third kappa shape index (κ3) is 4.26. The van der Waals surface area contributed by atoms with Crippen molar-refractivity contribution >= 4 is 5.96 Å². The first-order valence-corrected chi connectivity index (χ1v) is 7.17.